The first-order valence-corrected chi connectivity index (χ1v) is 8.28. The molecule has 7 heteroatoms. The highest BCUT2D eigenvalue weighted by atomic mass is 35.5. The van der Waals surface area contributed by atoms with Crippen LogP contribution in [-0.4, -0.2) is 45.4 Å². The predicted octanol–water partition coefficient (Wildman–Crippen LogP) is 2.67. The fraction of sp³-hybridized carbons (Fsp3) is 0.714. The van der Waals surface area contributed by atoms with Crippen LogP contribution in [0, 0.1) is 0 Å². The first kappa shape index (κ1) is 20.3. The van der Waals surface area contributed by atoms with Gasteiger partial charge in [0.2, 0.25) is 5.88 Å². The fourth-order valence-corrected chi connectivity index (χ4v) is 2.78. The zero-order valence-corrected chi connectivity index (χ0v) is 14.6. The molecule has 0 atom stereocenters. The summed E-state index contributed by atoms with van der Waals surface area (Å²) < 4.78 is 0. The van der Waals surface area contributed by atoms with Gasteiger partial charge in [-0.15, -0.1) is 12.4 Å². The number of unbranched alkanes of at least 4 members (excludes halogenated alkanes) is 1. The summed E-state index contributed by atoms with van der Waals surface area (Å²) in [5.41, 5.74) is 0.191. The number of hydrogen-bond acceptors (Lipinski definition) is 5. The van der Waals surface area contributed by atoms with Gasteiger partial charge in [0.05, 0.1) is 5.56 Å². The van der Waals surface area contributed by atoms with Crippen LogP contribution in [0.5, 0.6) is 5.88 Å². The van der Waals surface area contributed by atoms with Crippen molar-refractivity contribution in [3.63, 3.8) is 0 Å². The lowest BCUT2D eigenvalue weighted by molar-refractivity contribution is 0.324. The molecule has 0 bridgehead atoms. The molecule has 1 heterocycles. The first-order valence-electron chi connectivity index (χ1n) is 7.29. The molecular formula is C14H26ClN3O2S. The van der Waals surface area contributed by atoms with Gasteiger partial charge in [0, 0.05) is 12.3 Å². The maximum absolute atomic E-state index is 11.9. The molecular weight excluding hydrogens is 310 g/mol. The minimum absolute atomic E-state index is 0. The number of aromatic nitrogens is 2. The molecule has 0 saturated heterocycles. The van der Waals surface area contributed by atoms with E-state index in [0.29, 0.717) is 17.1 Å². The number of aromatic amines is 1. The summed E-state index contributed by atoms with van der Waals surface area (Å²) in [7, 11) is 0. The van der Waals surface area contributed by atoms with Crippen LogP contribution in [0.25, 0.3) is 0 Å². The number of aromatic hydroxyl groups is 1. The molecule has 21 heavy (non-hydrogen) atoms. The number of halogens is 1. The zero-order valence-electron chi connectivity index (χ0n) is 13.0. The normalized spacial score (nSPS) is 10.7. The van der Waals surface area contributed by atoms with Gasteiger partial charge < -0.3 is 15.0 Å². The number of nitrogens with one attached hydrogen (secondary N) is 1. The Morgan fingerprint density at radius 3 is 2.48 bits per heavy atom. The van der Waals surface area contributed by atoms with Crippen molar-refractivity contribution < 1.29 is 5.11 Å². The van der Waals surface area contributed by atoms with Crippen molar-refractivity contribution in [3.05, 3.63) is 15.9 Å². The van der Waals surface area contributed by atoms with Gasteiger partial charge in [0.25, 0.3) is 5.56 Å². The Kier molecular flexibility index (Phi) is 10.6. The van der Waals surface area contributed by atoms with E-state index in [1.807, 2.05) is 0 Å². The summed E-state index contributed by atoms with van der Waals surface area (Å²) in [6.07, 6.45) is 2.45. The molecule has 0 aliphatic heterocycles. The smallest absolute Gasteiger partial charge is 0.258 e. The van der Waals surface area contributed by atoms with E-state index in [2.05, 4.69) is 35.6 Å². The lowest BCUT2D eigenvalue weighted by Gasteiger charge is -2.17. The average molecular weight is 336 g/mol. The van der Waals surface area contributed by atoms with Crippen LogP contribution in [0.15, 0.2) is 9.95 Å². The number of hydrogen-bond donors (Lipinski definition) is 2. The van der Waals surface area contributed by atoms with Gasteiger partial charge >= 0.3 is 0 Å². The van der Waals surface area contributed by atoms with Crippen molar-refractivity contribution in [2.45, 2.75) is 45.2 Å². The van der Waals surface area contributed by atoms with Crippen LogP contribution < -0.4 is 5.56 Å². The van der Waals surface area contributed by atoms with Crippen molar-refractivity contribution in [3.8, 4) is 5.88 Å². The highest BCUT2D eigenvalue weighted by Crippen LogP contribution is 2.17. The quantitative estimate of drug-likeness (QED) is 0.536. The monoisotopic (exact) mass is 335 g/mol. The average Bonchev–Trinajstić information content (AvgIpc) is 2.43. The Morgan fingerprint density at radius 2 is 1.95 bits per heavy atom. The SMILES string of the molecule is CCCCc1c(O)nc(SCCN(CC)CC)[nH]c1=O.Cl. The minimum Gasteiger partial charge on any atom is -0.493 e. The summed E-state index contributed by atoms with van der Waals surface area (Å²) in [5, 5.41) is 10.3. The maximum atomic E-state index is 11.9. The highest BCUT2D eigenvalue weighted by molar-refractivity contribution is 7.99. The second-order valence-corrected chi connectivity index (χ2v) is 5.74. The van der Waals surface area contributed by atoms with Gasteiger partial charge in [0.1, 0.15) is 0 Å². The van der Waals surface area contributed by atoms with Crippen LogP contribution in [0.4, 0.5) is 0 Å². The van der Waals surface area contributed by atoms with Gasteiger partial charge in [-0.2, -0.15) is 4.98 Å². The molecule has 0 unspecified atom stereocenters. The summed E-state index contributed by atoms with van der Waals surface area (Å²) >= 11 is 1.47. The molecule has 0 fully saturated rings. The number of rotatable bonds is 9. The van der Waals surface area contributed by atoms with Gasteiger partial charge in [-0.1, -0.05) is 39.0 Å². The molecule has 0 radical (unpaired) electrons. The molecule has 0 aromatic carbocycles. The van der Waals surface area contributed by atoms with Crippen molar-refractivity contribution in [2.75, 3.05) is 25.4 Å². The molecule has 2 N–H and O–H groups in total. The molecule has 0 aliphatic rings. The summed E-state index contributed by atoms with van der Waals surface area (Å²) in [5.74, 6) is 0.728. The van der Waals surface area contributed by atoms with E-state index in [4.69, 9.17) is 0 Å². The van der Waals surface area contributed by atoms with E-state index in [9.17, 15) is 9.90 Å². The summed E-state index contributed by atoms with van der Waals surface area (Å²) in [4.78, 5) is 21.0. The predicted molar refractivity (Wildman–Crippen MR) is 90.9 cm³/mol. The molecule has 0 spiro atoms. The third kappa shape index (κ3) is 6.72. The molecule has 0 saturated carbocycles. The minimum atomic E-state index is -0.212. The van der Waals surface area contributed by atoms with E-state index in [-0.39, 0.29) is 23.8 Å². The standard InChI is InChI=1S/C14H25N3O2S.ClH/c1-4-7-8-11-12(18)15-14(16-13(11)19)20-10-9-17(5-2)6-3;/h4-10H2,1-3H3,(H2,15,16,18,19);1H. The van der Waals surface area contributed by atoms with E-state index in [1.165, 1.54) is 11.8 Å². The van der Waals surface area contributed by atoms with Crippen molar-refractivity contribution in [1.82, 2.24) is 14.9 Å². The molecule has 0 aliphatic carbocycles. The lowest BCUT2D eigenvalue weighted by atomic mass is 10.1. The molecule has 5 nitrogen and oxygen atoms in total. The Labute approximate surface area is 137 Å². The molecule has 0 amide bonds. The molecule has 122 valence electrons. The molecule has 1 rings (SSSR count). The van der Waals surface area contributed by atoms with Crippen LogP contribution >= 0.6 is 24.2 Å². The van der Waals surface area contributed by atoms with Crippen molar-refractivity contribution in [2.24, 2.45) is 0 Å². The Bertz CT molecular complexity index is 464. The topological polar surface area (TPSA) is 69.2 Å². The molecule has 1 aromatic heterocycles. The lowest BCUT2D eigenvalue weighted by Crippen LogP contribution is -2.25. The Balaban J connectivity index is 0.00000400. The number of nitrogens with zero attached hydrogens (tertiary/aromatic N) is 2. The number of H-pyrrole nitrogens is 1. The third-order valence-corrected chi connectivity index (χ3v) is 4.15. The number of thioether (sulfide) groups is 1. The van der Waals surface area contributed by atoms with Crippen molar-refractivity contribution in [1.29, 1.82) is 0 Å². The van der Waals surface area contributed by atoms with E-state index in [0.717, 1.165) is 38.2 Å². The van der Waals surface area contributed by atoms with Crippen LogP contribution in [0.2, 0.25) is 0 Å². The van der Waals surface area contributed by atoms with Gasteiger partial charge in [-0.3, -0.25) is 4.79 Å². The van der Waals surface area contributed by atoms with Crippen molar-refractivity contribution >= 4 is 24.2 Å². The molecule has 1 aromatic rings. The van der Waals surface area contributed by atoms with Gasteiger partial charge in [0.15, 0.2) is 5.16 Å². The highest BCUT2D eigenvalue weighted by Gasteiger charge is 2.10. The van der Waals surface area contributed by atoms with Gasteiger partial charge in [-0.05, 0) is 25.9 Å². The van der Waals surface area contributed by atoms with Crippen LogP contribution in [0.1, 0.15) is 39.2 Å². The van der Waals surface area contributed by atoms with E-state index in [1.54, 1.807) is 0 Å². The second-order valence-electron chi connectivity index (χ2n) is 4.65. The van der Waals surface area contributed by atoms with Crippen LogP contribution in [-0.2, 0) is 6.42 Å². The largest absolute Gasteiger partial charge is 0.493 e. The van der Waals surface area contributed by atoms with E-state index >= 15 is 0 Å². The maximum Gasteiger partial charge on any atom is 0.258 e. The van der Waals surface area contributed by atoms with Gasteiger partial charge in [-0.25, -0.2) is 0 Å². The van der Waals surface area contributed by atoms with Crippen LogP contribution in [0.3, 0.4) is 0 Å². The summed E-state index contributed by atoms with van der Waals surface area (Å²) in [6.45, 7) is 9.28. The fourth-order valence-electron chi connectivity index (χ4n) is 1.92. The second kappa shape index (κ2) is 10.9. The zero-order chi connectivity index (χ0) is 15.0. The Hall–Kier alpha value is -0.720. The Morgan fingerprint density at radius 1 is 1.29 bits per heavy atom. The van der Waals surface area contributed by atoms with E-state index < -0.39 is 0 Å². The third-order valence-electron chi connectivity index (χ3n) is 3.29. The first-order chi connectivity index (χ1) is 9.62. The summed E-state index contributed by atoms with van der Waals surface area (Å²) in [6, 6.07) is 0.